The smallest absolute Gasteiger partial charge is 0.387 e. The molecular formula is C21H25F2N3O3. The van der Waals surface area contributed by atoms with Crippen LogP contribution in [-0.4, -0.2) is 56.7 Å². The van der Waals surface area contributed by atoms with Crippen LogP contribution in [0.25, 0.3) is 0 Å². The molecule has 156 valence electrons. The fourth-order valence-electron chi connectivity index (χ4n) is 3.33. The van der Waals surface area contributed by atoms with Gasteiger partial charge in [0, 0.05) is 31.9 Å². The molecule has 2 aromatic carbocycles. The molecule has 0 aliphatic carbocycles. The maximum atomic E-state index is 12.6. The predicted octanol–water partition coefficient (Wildman–Crippen LogP) is 3.45. The normalized spacial score (nSPS) is 15.8. The predicted molar refractivity (Wildman–Crippen MR) is 108 cm³/mol. The SMILES string of the molecule is COc1ccc(N2CCN([C@H](C)C(=O)Nc3ccccc3OC(F)F)CC2)cc1. The molecule has 3 rings (SSSR count). The molecule has 0 bridgehead atoms. The molecule has 0 radical (unpaired) electrons. The quantitative estimate of drug-likeness (QED) is 0.765. The average Bonchev–Trinajstić information content (AvgIpc) is 2.74. The van der Waals surface area contributed by atoms with Gasteiger partial charge in [-0.1, -0.05) is 12.1 Å². The van der Waals surface area contributed by atoms with Crippen LogP contribution in [0.5, 0.6) is 11.5 Å². The fraction of sp³-hybridized carbons (Fsp3) is 0.381. The zero-order valence-electron chi connectivity index (χ0n) is 16.5. The Labute approximate surface area is 169 Å². The third-order valence-corrected chi connectivity index (χ3v) is 5.04. The van der Waals surface area contributed by atoms with E-state index in [4.69, 9.17) is 4.74 Å². The third-order valence-electron chi connectivity index (χ3n) is 5.04. The molecule has 1 heterocycles. The first-order chi connectivity index (χ1) is 14.0. The molecule has 0 aromatic heterocycles. The van der Waals surface area contributed by atoms with Gasteiger partial charge in [0.25, 0.3) is 0 Å². The lowest BCUT2D eigenvalue weighted by molar-refractivity contribution is -0.120. The molecule has 0 unspecified atom stereocenters. The number of methoxy groups -OCH3 is 1. The van der Waals surface area contributed by atoms with Gasteiger partial charge >= 0.3 is 6.61 Å². The van der Waals surface area contributed by atoms with E-state index in [0.29, 0.717) is 0 Å². The molecule has 0 spiro atoms. The lowest BCUT2D eigenvalue weighted by Gasteiger charge is -2.38. The van der Waals surface area contributed by atoms with Gasteiger partial charge in [0.2, 0.25) is 5.91 Å². The van der Waals surface area contributed by atoms with Crippen LogP contribution in [0.4, 0.5) is 20.2 Å². The highest BCUT2D eigenvalue weighted by Gasteiger charge is 2.26. The summed E-state index contributed by atoms with van der Waals surface area (Å²) in [6.45, 7) is 1.88. The molecule has 1 atom stereocenters. The Morgan fingerprint density at radius 1 is 1.03 bits per heavy atom. The number of rotatable bonds is 7. The van der Waals surface area contributed by atoms with E-state index in [1.54, 1.807) is 25.3 Å². The highest BCUT2D eigenvalue weighted by molar-refractivity contribution is 5.95. The molecule has 6 nitrogen and oxygen atoms in total. The highest BCUT2D eigenvalue weighted by atomic mass is 19.3. The Morgan fingerprint density at radius 2 is 1.69 bits per heavy atom. The summed E-state index contributed by atoms with van der Waals surface area (Å²) in [5.41, 5.74) is 1.35. The molecule has 1 saturated heterocycles. The lowest BCUT2D eigenvalue weighted by Crippen LogP contribution is -2.52. The van der Waals surface area contributed by atoms with Crippen molar-refractivity contribution in [1.29, 1.82) is 0 Å². The summed E-state index contributed by atoms with van der Waals surface area (Å²) in [4.78, 5) is 17.0. The number of alkyl halides is 2. The summed E-state index contributed by atoms with van der Waals surface area (Å²) in [7, 11) is 1.64. The van der Waals surface area contributed by atoms with E-state index < -0.39 is 12.7 Å². The second-order valence-electron chi connectivity index (χ2n) is 6.76. The molecule has 1 fully saturated rings. The number of piperazine rings is 1. The van der Waals surface area contributed by atoms with Crippen molar-refractivity contribution in [3.63, 3.8) is 0 Å². The second-order valence-corrected chi connectivity index (χ2v) is 6.76. The van der Waals surface area contributed by atoms with Crippen molar-refractivity contribution in [1.82, 2.24) is 4.90 Å². The summed E-state index contributed by atoms with van der Waals surface area (Å²) in [6.07, 6.45) is 0. The van der Waals surface area contributed by atoms with Gasteiger partial charge in [0.1, 0.15) is 11.5 Å². The molecule has 2 aromatic rings. The summed E-state index contributed by atoms with van der Waals surface area (Å²) < 4.78 is 34.8. The third kappa shape index (κ3) is 5.35. The van der Waals surface area contributed by atoms with Crippen molar-refractivity contribution in [2.45, 2.75) is 19.6 Å². The van der Waals surface area contributed by atoms with Crippen molar-refractivity contribution < 1.29 is 23.0 Å². The maximum Gasteiger partial charge on any atom is 0.387 e. The minimum Gasteiger partial charge on any atom is -0.497 e. The van der Waals surface area contributed by atoms with Gasteiger partial charge in [-0.3, -0.25) is 9.69 Å². The largest absolute Gasteiger partial charge is 0.497 e. The number of anilines is 2. The summed E-state index contributed by atoms with van der Waals surface area (Å²) in [5, 5.41) is 2.70. The van der Waals surface area contributed by atoms with Gasteiger partial charge in [-0.15, -0.1) is 0 Å². The number of para-hydroxylation sites is 2. The lowest BCUT2D eigenvalue weighted by atomic mass is 10.2. The Kier molecular flexibility index (Phi) is 6.87. The van der Waals surface area contributed by atoms with Crippen LogP contribution in [0.3, 0.4) is 0 Å². The van der Waals surface area contributed by atoms with Crippen LogP contribution in [0.2, 0.25) is 0 Å². The maximum absolute atomic E-state index is 12.6. The summed E-state index contributed by atoms with van der Waals surface area (Å²) in [5.74, 6) is 0.509. The van der Waals surface area contributed by atoms with E-state index in [9.17, 15) is 13.6 Å². The topological polar surface area (TPSA) is 54.0 Å². The number of carbonyl (C=O) groups excluding carboxylic acids is 1. The highest BCUT2D eigenvalue weighted by Crippen LogP contribution is 2.26. The van der Waals surface area contributed by atoms with Gasteiger partial charge in [-0.25, -0.2) is 0 Å². The van der Waals surface area contributed by atoms with E-state index in [1.165, 1.54) is 6.07 Å². The molecule has 1 aliphatic heterocycles. The number of amides is 1. The molecule has 29 heavy (non-hydrogen) atoms. The Bertz CT molecular complexity index is 809. The molecule has 8 heteroatoms. The van der Waals surface area contributed by atoms with E-state index in [1.807, 2.05) is 31.2 Å². The molecular weight excluding hydrogens is 380 g/mol. The zero-order chi connectivity index (χ0) is 20.8. The van der Waals surface area contributed by atoms with Gasteiger partial charge in [0.15, 0.2) is 0 Å². The minimum absolute atomic E-state index is 0.0487. The number of ether oxygens (including phenoxy) is 2. The van der Waals surface area contributed by atoms with Crippen molar-refractivity contribution in [3.8, 4) is 11.5 Å². The van der Waals surface area contributed by atoms with Crippen LogP contribution in [0.1, 0.15) is 6.92 Å². The van der Waals surface area contributed by atoms with Gasteiger partial charge in [-0.2, -0.15) is 8.78 Å². The van der Waals surface area contributed by atoms with E-state index in [-0.39, 0.29) is 17.3 Å². The van der Waals surface area contributed by atoms with E-state index in [0.717, 1.165) is 37.6 Å². The van der Waals surface area contributed by atoms with Crippen LogP contribution < -0.4 is 19.7 Å². The minimum atomic E-state index is -2.95. The number of halogens is 2. The van der Waals surface area contributed by atoms with Crippen molar-refractivity contribution in [3.05, 3.63) is 48.5 Å². The van der Waals surface area contributed by atoms with Crippen molar-refractivity contribution in [2.75, 3.05) is 43.5 Å². The molecule has 1 amide bonds. The second kappa shape index (κ2) is 9.56. The first kappa shape index (κ1) is 20.9. The van der Waals surface area contributed by atoms with Crippen LogP contribution >= 0.6 is 0 Å². The Hall–Kier alpha value is -2.87. The van der Waals surface area contributed by atoms with Gasteiger partial charge in [-0.05, 0) is 43.3 Å². The van der Waals surface area contributed by atoms with Crippen molar-refractivity contribution >= 4 is 17.3 Å². The summed E-state index contributed by atoms with van der Waals surface area (Å²) in [6, 6.07) is 13.7. The fourth-order valence-corrected chi connectivity index (χ4v) is 3.33. The zero-order valence-corrected chi connectivity index (χ0v) is 16.5. The van der Waals surface area contributed by atoms with Crippen LogP contribution in [-0.2, 0) is 4.79 Å². The van der Waals surface area contributed by atoms with Gasteiger partial charge in [0.05, 0.1) is 18.8 Å². The van der Waals surface area contributed by atoms with E-state index >= 15 is 0 Å². The standard InChI is InChI=1S/C21H25F2N3O3/c1-15(20(27)24-18-5-3-4-6-19(18)29-21(22)23)25-11-13-26(14-12-25)16-7-9-17(28-2)10-8-16/h3-10,15,21H,11-14H2,1-2H3,(H,24,27)/t15-/m1/s1. The average molecular weight is 405 g/mol. The number of nitrogens with one attached hydrogen (secondary N) is 1. The van der Waals surface area contributed by atoms with Crippen LogP contribution in [0.15, 0.2) is 48.5 Å². The number of hydrogen-bond acceptors (Lipinski definition) is 5. The van der Waals surface area contributed by atoms with E-state index in [2.05, 4.69) is 19.9 Å². The molecule has 0 saturated carbocycles. The molecule has 1 N–H and O–H groups in total. The Balaban J connectivity index is 1.56. The first-order valence-electron chi connectivity index (χ1n) is 9.45. The monoisotopic (exact) mass is 405 g/mol. The first-order valence-corrected chi connectivity index (χ1v) is 9.45. The number of carbonyl (C=O) groups is 1. The summed E-state index contributed by atoms with van der Waals surface area (Å²) >= 11 is 0. The number of hydrogen-bond donors (Lipinski definition) is 1. The van der Waals surface area contributed by atoms with Crippen LogP contribution in [0, 0.1) is 0 Å². The number of nitrogens with zero attached hydrogens (tertiary/aromatic N) is 2. The van der Waals surface area contributed by atoms with Gasteiger partial charge < -0.3 is 19.7 Å². The van der Waals surface area contributed by atoms with Crippen molar-refractivity contribution in [2.24, 2.45) is 0 Å². The Morgan fingerprint density at radius 3 is 2.31 bits per heavy atom. The number of benzene rings is 2. The molecule has 1 aliphatic rings.